The predicted molar refractivity (Wildman–Crippen MR) is 82.4 cm³/mol. The van der Waals surface area contributed by atoms with E-state index in [0.29, 0.717) is 18.9 Å². The molecule has 2 aliphatic rings. The van der Waals surface area contributed by atoms with Crippen molar-refractivity contribution in [2.75, 3.05) is 26.2 Å². The zero-order valence-corrected chi connectivity index (χ0v) is 13.0. The molecule has 2 unspecified atom stereocenters. The van der Waals surface area contributed by atoms with Crippen molar-refractivity contribution in [3.05, 3.63) is 18.5 Å². The summed E-state index contributed by atoms with van der Waals surface area (Å²) in [7, 11) is 0. The summed E-state index contributed by atoms with van der Waals surface area (Å²) in [6.07, 6.45) is 5.37. The monoisotopic (exact) mass is 320 g/mol. The molecule has 0 aromatic carbocycles. The Hall–Kier alpha value is -0.780. The topological polar surface area (TPSA) is 50.2 Å². The van der Waals surface area contributed by atoms with Gasteiger partial charge in [0.1, 0.15) is 0 Å². The predicted octanol–water partition coefficient (Wildman–Crippen LogP) is 1.18. The number of amides is 1. The van der Waals surface area contributed by atoms with E-state index in [2.05, 4.69) is 10.4 Å². The van der Waals surface area contributed by atoms with Crippen LogP contribution in [0, 0.1) is 11.8 Å². The highest BCUT2D eigenvalue weighted by Crippen LogP contribution is 2.26. The van der Waals surface area contributed by atoms with E-state index in [-0.39, 0.29) is 30.7 Å². The number of nitrogens with zero attached hydrogens (tertiary/aromatic N) is 3. The molecule has 2 fully saturated rings. The molecule has 3 heterocycles. The first-order valence-electron chi connectivity index (χ1n) is 6.79. The normalized spacial score (nSPS) is 24.5. The number of piperidine rings is 1. The molecule has 0 aliphatic carbocycles. The lowest BCUT2D eigenvalue weighted by Gasteiger charge is -2.34. The van der Waals surface area contributed by atoms with Crippen LogP contribution in [0.1, 0.15) is 12.8 Å². The summed E-state index contributed by atoms with van der Waals surface area (Å²) in [5, 5.41) is 7.55. The minimum absolute atomic E-state index is 0. The Labute approximate surface area is 131 Å². The Morgan fingerprint density at radius 2 is 2.10 bits per heavy atom. The molecule has 114 valence electrons. The maximum atomic E-state index is 12.1. The van der Waals surface area contributed by atoms with Gasteiger partial charge in [-0.1, -0.05) is 0 Å². The maximum absolute atomic E-state index is 12.1. The summed E-state index contributed by atoms with van der Waals surface area (Å²) >= 11 is 0. The van der Waals surface area contributed by atoms with Gasteiger partial charge in [0.2, 0.25) is 5.91 Å². The minimum atomic E-state index is 0. The molecule has 5 nitrogen and oxygen atoms in total. The Kier molecular flexibility index (Phi) is 6.79. The lowest BCUT2D eigenvalue weighted by molar-refractivity contribution is -0.133. The van der Waals surface area contributed by atoms with Gasteiger partial charge in [-0.15, -0.1) is 24.8 Å². The molecule has 1 amide bonds. The third-order valence-electron chi connectivity index (χ3n) is 4.17. The number of likely N-dealkylation sites (tertiary alicyclic amines) is 1. The SMILES string of the molecule is Cl.Cl.O=C(CCn1cccn1)N1CCC2CNCC2C1. The van der Waals surface area contributed by atoms with Gasteiger partial charge in [-0.2, -0.15) is 5.10 Å². The number of carbonyl (C=O) groups excluding carboxylic acids is 1. The average Bonchev–Trinajstić information content (AvgIpc) is 3.05. The fourth-order valence-corrected chi connectivity index (χ4v) is 3.06. The maximum Gasteiger partial charge on any atom is 0.224 e. The third kappa shape index (κ3) is 3.87. The van der Waals surface area contributed by atoms with Gasteiger partial charge in [0.05, 0.1) is 0 Å². The van der Waals surface area contributed by atoms with Gasteiger partial charge in [-0.05, 0) is 37.4 Å². The van der Waals surface area contributed by atoms with E-state index in [1.165, 1.54) is 0 Å². The van der Waals surface area contributed by atoms with Crippen molar-refractivity contribution in [3.63, 3.8) is 0 Å². The zero-order valence-electron chi connectivity index (χ0n) is 11.4. The van der Waals surface area contributed by atoms with Crippen molar-refractivity contribution in [3.8, 4) is 0 Å². The van der Waals surface area contributed by atoms with Crippen LogP contribution in [-0.2, 0) is 11.3 Å². The number of aryl methyl sites for hydroxylation is 1. The first-order chi connectivity index (χ1) is 8.83. The van der Waals surface area contributed by atoms with E-state index in [0.717, 1.165) is 38.5 Å². The molecule has 0 saturated carbocycles. The summed E-state index contributed by atoms with van der Waals surface area (Å²) in [6.45, 7) is 4.78. The van der Waals surface area contributed by atoms with Crippen LogP contribution in [0.2, 0.25) is 0 Å². The number of aromatic nitrogens is 2. The molecular formula is C13H22Cl2N4O. The molecule has 0 radical (unpaired) electrons. The lowest BCUT2D eigenvalue weighted by Crippen LogP contribution is -2.43. The van der Waals surface area contributed by atoms with Gasteiger partial charge in [0.15, 0.2) is 0 Å². The molecule has 1 aromatic rings. The number of carbonyl (C=O) groups is 1. The van der Waals surface area contributed by atoms with Crippen molar-refractivity contribution in [1.82, 2.24) is 20.0 Å². The van der Waals surface area contributed by atoms with Crippen LogP contribution in [0.3, 0.4) is 0 Å². The number of halogens is 2. The highest BCUT2D eigenvalue weighted by molar-refractivity contribution is 5.85. The van der Waals surface area contributed by atoms with Crippen LogP contribution in [0.25, 0.3) is 0 Å². The number of hydrogen-bond donors (Lipinski definition) is 1. The molecule has 20 heavy (non-hydrogen) atoms. The molecule has 2 saturated heterocycles. The van der Waals surface area contributed by atoms with Gasteiger partial charge < -0.3 is 10.2 Å². The summed E-state index contributed by atoms with van der Waals surface area (Å²) in [5.41, 5.74) is 0. The molecule has 3 rings (SSSR count). The fraction of sp³-hybridized carbons (Fsp3) is 0.692. The zero-order chi connectivity index (χ0) is 12.4. The minimum Gasteiger partial charge on any atom is -0.342 e. The smallest absolute Gasteiger partial charge is 0.224 e. The van der Waals surface area contributed by atoms with Gasteiger partial charge in [0.25, 0.3) is 0 Å². The van der Waals surface area contributed by atoms with E-state index in [1.807, 2.05) is 21.8 Å². The summed E-state index contributed by atoms with van der Waals surface area (Å²) < 4.78 is 1.82. The molecule has 2 atom stereocenters. The van der Waals surface area contributed by atoms with Crippen molar-refractivity contribution in [1.29, 1.82) is 0 Å². The standard InChI is InChI=1S/C13H20N4O.2ClH/c18-13(3-7-17-5-1-4-15-17)16-6-2-11-8-14-9-12(11)10-16;;/h1,4-5,11-12,14H,2-3,6-10H2;2*1H. The first kappa shape index (κ1) is 17.3. The van der Waals surface area contributed by atoms with Crippen LogP contribution < -0.4 is 5.32 Å². The Bertz CT molecular complexity index is 413. The van der Waals surface area contributed by atoms with E-state index < -0.39 is 0 Å². The molecule has 7 heteroatoms. The highest BCUT2D eigenvalue weighted by Gasteiger charge is 2.34. The molecule has 2 aliphatic heterocycles. The van der Waals surface area contributed by atoms with Crippen LogP contribution in [-0.4, -0.2) is 46.8 Å². The Morgan fingerprint density at radius 1 is 1.30 bits per heavy atom. The quantitative estimate of drug-likeness (QED) is 0.910. The highest BCUT2D eigenvalue weighted by atomic mass is 35.5. The van der Waals surface area contributed by atoms with Crippen molar-refractivity contribution in [2.45, 2.75) is 19.4 Å². The van der Waals surface area contributed by atoms with E-state index in [9.17, 15) is 4.79 Å². The molecule has 0 spiro atoms. The van der Waals surface area contributed by atoms with E-state index in [1.54, 1.807) is 6.20 Å². The van der Waals surface area contributed by atoms with Gasteiger partial charge in [-0.25, -0.2) is 0 Å². The number of hydrogen-bond acceptors (Lipinski definition) is 3. The number of fused-ring (bicyclic) bond motifs is 1. The molecular weight excluding hydrogens is 299 g/mol. The van der Waals surface area contributed by atoms with Crippen LogP contribution >= 0.6 is 24.8 Å². The second-order valence-corrected chi connectivity index (χ2v) is 5.33. The Balaban J connectivity index is 0.000001000. The summed E-state index contributed by atoms with van der Waals surface area (Å²) in [4.78, 5) is 14.2. The third-order valence-corrected chi connectivity index (χ3v) is 4.17. The Morgan fingerprint density at radius 3 is 2.85 bits per heavy atom. The second-order valence-electron chi connectivity index (χ2n) is 5.33. The van der Waals surface area contributed by atoms with Crippen molar-refractivity contribution in [2.24, 2.45) is 11.8 Å². The van der Waals surface area contributed by atoms with Crippen LogP contribution in [0.5, 0.6) is 0 Å². The van der Waals surface area contributed by atoms with Gasteiger partial charge >= 0.3 is 0 Å². The molecule has 1 aromatic heterocycles. The van der Waals surface area contributed by atoms with E-state index >= 15 is 0 Å². The van der Waals surface area contributed by atoms with Crippen molar-refractivity contribution < 1.29 is 4.79 Å². The fourth-order valence-electron chi connectivity index (χ4n) is 3.06. The second kappa shape index (κ2) is 7.86. The number of nitrogens with one attached hydrogen (secondary N) is 1. The first-order valence-corrected chi connectivity index (χ1v) is 6.79. The average molecular weight is 321 g/mol. The van der Waals surface area contributed by atoms with E-state index in [4.69, 9.17) is 0 Å². The van der Waals surface area contributed by atoms with Crippen molar-refractivity contribution >= 4 is 30.7 Å². The summed E-state index contributed by atoms with van der Waals surface area (Å²) in [6, 6.07) is 1.89. The van der Waals surface area contributed by atoms with Gasteiger partial charge in [0, 0.05) is 38.4 Å². The largest absolute Gasteiger partial charge is 0.342 e. The summed E-state index contributed by atoms with van der Waals surface area (Å²) in [5.74, 6) is 1.74. The van der Waals surface area contributed by atoms with Crippen LogP contribution in [0.4, 0.5) is 0 Å². The van der Waals surface area contributed by atoms with Gasteiger partial charge in [-0.3, -0.25) is 9.48 Å². The van der Waals surface area contributed by atoms with Crippen LogP contribution in [0.15, 0.2) is 18.5 Å². The molecule has 0 bridgehead atoms. The lowest BCUT2D eigenvalue weighted by atomic mass is 9.88. The molecule has 1 N–H and O–H groups in total. The number of rotatable bonds is 3.